The summed E-state index contributed by atoms with van der Waals surface area (Å²) >= 11 is 0. The van der Waals surface area contributed by atoms with Gasteiger partial charge in [-0.15, -0.1) is 0 Å². The number of imidazole rings is 1. The van der Waals surface area contributed by atoms with Gasteiger partial charge in [-0.2, -0.15) is 0 Å². The minimum Gasteiger partial charge on any atom is -0.495 e. The van der Waals surface area contributed by atoms with E-state index in [1.54, 1.807) is 16.7 Å². The van der Waals surface area contributed by atoms with Gasteiger partial charge in [-0.25, -0.2) is 13.4 Å². The topological polar surface area (TPSA) is 103 Å². The molecular formula is C24H21N3O5S. The molecular weight excluding hydrogens is 442 g/mol. The van der Waals surface area contributed by atoms with Gasteiger partial charge in [0.15, 0.2) is 9.84 Å². The molecule has 0 aliphatic rings. The van der Waals surface area contributed by atoms with Gasteiger partial charge in [0, 0.05) is 23.1 Å². The molecule has 2 heterocycles. The highest BCUT2D eigenvalue weighted by atomic mass is 32.2. The number of para-hydroxylation sites is 3. The molecule has 0 radical (unpaired) electrons. The number of carbonyl (C=O) groups is 1. The molecule has 3 aromatic carbocycles. The number of furan rings is 1. The molecule has 0 saturated heterocycles. The van der Waals surface area contributed by atoms with Crippen molar-refractivity contribution in [3.05, 3.63) is 66.5 Å². The third-order valence-corrected chi connectivity index (χ3v) is 6.18. The Labute approximate surface area is 189 Å². The summed E-state index contributed by atoms with van der Waals surface area (Å²) in [6, 6.07) is 18.5. The molecule has 0 aliphatic heterocycles. The van der Waals surface area contributed by atoms with E-state index in [9.17, 15) is 13.2 Å². The van der Waals surface area contributed by atoms with Gasteiger partial charge in [0.05, 0.1) is 23.8 Å². The average molecular weight is 464 g/mol. The van der Waals surface area contributed by atoms with Crippen molar-refractivity contribution in [2.45, 2.75) is 12.3 Å². The predicted molar refractivity (Wildman–Crippen MR) is 127 cm³/mol. The van der Waals surface area contributed by atoms with E-state index >= 15 is 0 Å². The van der Waals surface area contributed by atoms with E-state index in [1.807, 2.05) is 48.5 Å². The summed E-state index contributed by atoms with van der Waals surface area (Å²) in [6.45, 7) is -0.104. The number of ether oxygens (including phenoxy) is 1. The Morgan fingerprint density at radius 1 is 1.06 bits per heavy atom. The quantitative estimate of drug-likeness (QED) is 0.406. The minimum absolute atomic E-state index is 0.104. The Morgan fingerprint density at radius 2 is 1.82 bits per heavy atom. The zero-order valence-corrected chi connectivity index (χ0v) is 18.8. The fourth-order valence-electron chi connectivity index (χ4n) is 4.00. The maximum Gasteiger partial charge on any atom is 0.244 e. The highest BCUT2D eigenvalue weighted by Crippen LogP contribution is 2.36. The van der Waals surface area contributed by atoms with Gasteiger partial charge < -0.3 is 19.0 Å². The summed E-state index contributed by atoms with van der Waals surface area (Å²) in [4.78, 5) is 17.4. The average Bonchev–Trinajstić information content (AvgIpc) is 3.29. The van der Waals surface area contributed by atoms with Crippen molar-refractivity contribution in [2.75, 3.05) is 18.7 Å². The molecule has 0 spiro atoms. The Morgan fingerprint density at radius 3 is 2.61 bits per heavy atom. The first-order valence-corrected chi connectivity index (χ1v) is 12.3. The van der Waals surface area contributed by atoms with Crippen molar-refractivity contribution in [3.63, 3.8) is 0 Å². The lowest BCUT2D eigenvalue weighted by molar-refractivity contribution is -0.116. The molecule has 0 bridgehead atoms. The van der Waals surface area contributed by atoms with Gasteiger partial charge in [0.1, 0.15) is 35.0 Å². The molecule has 1 N–H and O–H groups in total. The number of aromatic nitrogens is 2. The fourth-order valence-corrected chi connectivity index (χ4v) is 4.69. The Balaban J connectivity index is 1.50. The van der Waals surface area contributed by atoms with Crippen LogP contribution in [0, 0.1) is 0 Å². The summed E-state index contributed by atoms with van der Waals surface area (Å²) in [6.07, 6.45) is 1.14. The summed E-state index contributed by atoms with van der Waals surface area (Å²) < 4.78 is 36.9. The molecule has 0 saturated carbocycles. The molecule has 0 aliphatic carbocycles. The van der Waals surface area contributed by atoms with Gasteiger partial charge >= 0.3 is 0 Å². The molecule has 1 amide bonds. The Hall–Kier alpha value is -3.85. The summed E-state index contributed by atoms with van der Waals surface area (Å²) in [5.74, 6) is 0.202. The maximum absolute atomic E-state index is 13.0. The Kier molecular flexibility index (Phi) is 5.05. The Bertz CT molecular complexity index is 1630. The second-order valence-corrected chi connectivity index (χ2v) is 10.0. The van der Waals surface area contributed by atoms with E-state index in [1.165, 1.54) is 7.11 Å². The zero-order valence-electron chi connectivity index (χ0n) is 18.0. The van der Waals surface area contributed by atoms with Crippen LogP contribution in [-0.4, -0.2) is 37.2 Å². The van der Waals surface area contributed by atoms with Gasteiger partial charge in [0.25, 0.3) is 0 Å². The van der Waals surface area contributed by atoms with Gasteiger partial charge in [-0.1, -0.05) is 30.3 Å². The zero-order chi connectivity index (χ0) is 23.2. The van der Waals surface area contributed by atoms with Gasteiger partial charge in [-0.05, 0) is 24.3 Å². The van der Waals surface area contributed by atoms with Crippen LogP contribution >= 0.6 is 0 Å². The third-order valence-electron chi connectivity index (χ3n) is 5.40. The molecule has 0 fully saturated rings. The number of nitrogens with zero attached hydrogens (tertiary/aromatic N) is 2. The SMILES string of the molecule is COc1cc2c(cc1NC(=O)Cn1c(CS(C)(=O)=O)nc3ccccc31)oc1ccccc12. The molecule has 5 aromatic rings. The van der Waals surface area contributed by atoms with Gasteiger partial charge in [-0.3, -0.25) is 4.79 Å². The lowest BCUT2D eigenvalue weighted by Gasteiger charge is -2.12. The van der Waals surface area contributed by atoms with Crippen LogP contribution in [0.2, 0.25) is 0 Å². The van der Waals surface area contributed by atoms with Crippen LogP contribution in [-0.2, 0) is 26.9 Å². The molecule has 168 valence electrons. The number of nitrogens with one attached hydrogen (secondary N) is 1. The number of methoxy groups -OCH3 is 1. The molecule has 9 heteroatoms. The van der Waals surface area contributed by atoms with E-state index in [4.69, 9.17) is 9.15 Å². The van der Waals surface area contributed by atoms with Crippen LogP contribution in [0.5, 0.6) is 5.75 Å². The number of rotatable bonds is 6. The van der Waals surface area contributed by atoms with Crippen LogP contribution in [0.4, 0.5) is 5.69 Å². The molecule has 5 rings (SSSR count). The van der Waals surface area contributed by atoms with Crippen molar-refractivity contribution in [1.29, 1.82) is 0 Å². The third kappa shape index (κ3) is 4.03. The summed E-state index contributed by atoms with van der Waals surface area (Å²) in [5.41, 5.74) is 3.14. The second-order valence-electron chi connectivity index (χ2n) is 7.87. The number of carbonyl (C=O) groups excluding carboxylic acids is 1. The predicted octanol–water partition coefficient (Wildman–Crippen LogP) is 4.13. The maximum atomic E-state index is 13.0. The van der Waals surface area contributed by atoms with Crippen LogP contribution in [0.3, 0.4) is 0 Å². The van der Waals surface area contributed by atoms with Crippen molar-refractivity contribution >= 4 is 54.4 Å². The molecule has 2 aromatic heterocycles. The van der Waals surface area contributed by atoms with Crippen molar-refractivity contribution < 1.29 is 22.4 Å². The number of sulfone groups is 1. The highest BCUT2D eigenvalue weighted by Gasteiger charge is 2.19. The minimum atomic E-state index is -3.34. The number of hydrogen-bond donors (Lipinski definition) is 1. The smallest absolute Gasteiger partial charge is 0.244 e. The molecule has 0 atom stereocenters. The normalized spacial score (nSPS) is 11.9. The number of hydrogen-bond acceptors (Lipinski definition) is 6. The van der Waals surface area contributed by atoms with Crippen molar-refractivity contribution in [2.24, 2.45) is 0 Å². The van der Waals surface area contributed by atoms with E-state index in [2.05, 4.69) is 10.3 Å². The van der Waals surface area contributed by atoms with E-state index in [0.29, 0.717) is 33.9 Å². The summed E-state index contributed by atoms with van der Waals surface area (Å²) in [5, 5.41) is 4.71. The summed E-state index contributed by atoms with van der Waals surface area (Å²) in [7, 11) is -1.80. The van der Waals surface area contributed by atoms with Crippen LogP contribution in [0.1, 0.15) is 5.82 Å². The molecule has 33 heavy (non-hydrogen) atoms. The number of fused-ring (bicyclic) bond motifs is 4. The van der Waals surface area contributed by atoms with Crippen LogP contribution < -0.4 is 10.1 Å². The monoisotopic (exact) mass is 463 g/mol. The first kappa shape index (κ1) is 21.0. The highest BCUT2D eigenvalue weighted by molar-refractivity contribution is 7.89. The first-order chi connectivity index (χ1) is 15.8. The second kappa shape index (κ2) is 7.93. The first-order valence-electron chi connectivity index (χ1n) is 10.2. The van der Waals surface area contributed by atoms with Crippen molar-refractivity contribution in [3.8, 4) is 5.75 Å². The van der Waals surface area contributed by atoms with Gasteiger partial charge in [0.2, 0.25) is 5.91 Å². The number of benzene rings is 3. The molecule has 0 unspecified atom stereocenters. The molecule has 8 nitrogen and oxygen atoms in total. The largest absolute Gasteiger partial charge is 0.495 e. The van der Waals surface area contributed by atoms with Crippen LogP contribution in [0.15, 0.2) is 65.1 Å². The standard InChI is InChI=1S/C24H21N3O5S/c1-31-22-11-16-15-7-3-6-10-20(15)32-21(16)12-18(22)26-24(28)13-27-19-9-5-4-8-17(19)25-23(27)14-33(2,29)30/h3-12H,13-14H2,1-2H3,(H,26,28). The fraction of sp³-hybridized carbons (Fsp3) is 0.167. The van der Waals surface area contributed by atoms with E-state index < -0.39 is 9.84 Å². The number of amides is 1. The lowest BCUT2D eigenvalue weighted by atomic mass is 10.1. The number of anilines is 1. The van der Waals surface area contributed by atoms with Crippen LogP contribution in [0.25, 0.3) is 33.0 Å². The van der Waals surface area contributed by atoms with Crippen molar-refractivity contribution in [1.82, 2.24) is 9.55 Å². The lowest BCUT2D eigenvalue weighted by Crippen LogP contribution is -2.21. The van der Waals surface area contributed by atoms with E-state index in [-0.39, 0.29) is 18.2 Å². The van der Waals surface area contributed by atoms with E-state index in [0.717, 1.165) is 22.6 Å².